The second-order valence-electron chi connectivity index (χ2n) is 4.89. The van der Waals surface area contributed by atoms with Crippen molar-refractivity contribution in [2.24, 2.45) is 0 Å². The summed E-state index contributed by atoms with van der Waals surface area (Å²) >= 11 is 0. The molecule has 7 heteroatoms. The third kappa shape index (κ3) is 2.88. The van der Waals surface area contributed by atoms with Crippen LogP contribution in [0.15, 0.2) is 29.2 Å². The van der Waals surface area contributed by atoms with Crippen molar-refractivity contribution >= 4 is 27.5 Å². The minimum absolute atomic E-state index is 0.106. The Morgan fingerprint density at radius 3 is 2.00 bits per heavy atom. The van der Waals surface area contributed by atoms with Crippen LogP contribution in [-0.4, -0.2) is 26.3 Å². The Labute approximate surface area is 117 Å². The normalized spacial score (nSPS) is 16.2. The van der Waals surface area contributed by atoms with Gasteiger partial charge in [-0.15, -0.1) is 0 Å². The second-order valence-corrected chi connectivity index (χ2v) is 6.61. The molecule has 0 unspecified atom stereocenters. The molecule has 1 aromatic rings. The SMILES string of the molecule is CC(C)NS(=O)(=O)c1ccc(N2C(=O)CCC2=O)cc1. The lowest BCUT2D eigenvalue weighted by Crippen LogP contribution is -2.30. The molecule has 0 spiro atoms. The van der Waals surface area contributed by atoms with Crippen LogP contribution in [0.3, 0.4) is 0 Å². The Morgan fingerprint density at radius 1 is 1.05 bits per heavy atom. The summed E-state index contributed by atoms with van der Waals surface area (Å²) in [6.07, 6.45) is 0.404. The van der Waals surface area contributed by atoms with E-state index in [0.717, 1.165) is 4.90 Å². The van der Waals surface area contributed by atoms with Gasteiger partial charge in [0.25, 0.3) is 0 Å². The van der Waals surface area contributed by atoms with E-state index in [1.165, 1.54) is 24.3 Å². The number of carbonyl (C=O) groups excluding carboxylic acids is 2. The lowest BCUT2D eigenvalue weighted by Gasteiger charge is -2.15. The van der Waals surface area contributed by atoms with Gasteiger partial charge in [0.05, 0.1) is 10.6 Å². The first-order valence-corrected chi connectivity index (χ1v) is 7.78. The number of rotatable bonds is 4. The molecular weight excluding hydrogens is 280 g/mol. The topological polar surface area (TPSA) is 83.6 Å². The van der Waals surface area contributed by atoms with Crippen LogP contribution in [0, 0.1) is 0 Å². The first kappa shape index (κ1) is 14.7. The van der Waals surface area contributed by atoms with Gasteiger partial charge in [-0.25, -0.2) is 13.1 Å². The zero-order valence-electron chi connectivity index (χ0n) is 11.3. The molecule has 0 bridgehead atoms. The van der Waals surface area contributed by atoms with Gasteiger partial charge in [0.1, 0.15) is 0 Å². The average molecular weight is 296 g/mol. The smallest absolute Gasteiger partial charge is 0.240 e. The first-order chi connectivity index (χ1) is 9.31. The van der Waals surface area contributed by atoms with Crippen LogP contribution < -0.4 is 9.62 Å². The minimum atomic E-state index is -3.57. The molecule has 1 fully saturated rings. The second kappa shape index (κ2) is 5.34. The Morgan fingerprint density at radius 2 is 1.55 bits per heavy atom. The summed E-state index contributed by atoms with van der Waals surface area (Å²) in [5, 5.41) is 0. The predicted octanol–water partition coefficient (Wildman–Crippen LogP) is 1.03. The maximum atomic E-state index is 11.9. The molecule has 0 aliphatic carbocycles. The first-order valence-electron chi connectivity index (χ1n) is 6.29. The molecule has 2 amide bonds. The molecule has 6 nitrogen and oxygen atoms in total. The average Bonchev–Trinajstić information content (AvgIpc) is 2.68. The Hall–Kier alpha value is -1.73. The van der Waals surface area contributed by atoms with E-state index in [0.29, 0.717) is 5.69 Å². The molecule has 0 aromatic heterocycles. The van der Waals surface area contributed by atoms with Crippen LogP contribution in [0.2, 0.25) is 0 Å². The van der Waals surface area contributed by atoms with Gasteiger partial charge in [0.15, 0.2) is 0 Å². The van der Waals surface area contributed by atoms with Gasteiger partial charge in [0, 0.05) is 18.9 Å². The van der Waals surface area contributed by atoms with E-state index in [2.05, 4.69) is 4.72 Å². The number of benzene rings is 1. The summed E-state index contributed by atoms with van der Waals surface area (Å²) in [5.74, 6) is -0.517. The number of nitrogens with zero attached hydrogens (tertiary/aromatic N) is 1. The molecule has 1 saturated heterocycles. The summed E-state index contributed by atoms with van der Waals surface area (Å²) < 4.78 is 26.4. The molecule has 1 aromatic carbocycles. The van der Waals surface area contributed by atoms with Crippen molar-refractivity contribution in [1.29, 1.82) is 0 Å². The van der Waals surface area contributed by atoms with Crippen LogP contribution in [0.1, 0.15) is 26.7 Å². The molecule has 1 heterocycles. The van der Waals surface area contributed by atoms with Gasteiger partial charge in [-0.2, -0.15) is 0 Å². The van der Waals surface area contributed by atoms with E-state index in [1.54, 1.807) is 13.8 Å². The number of imide groups is 1. The van der Waals surface area contributed by atoms with Crippen LogP contribution in [0.4, 0.5) is 5.69 Å². The van der Waals surface area contributed by atoms with Crippen LogP contribution in [0.5, 0.6) is 0 Å². The highest BCUT2D eigenvalue weighted by Crippen LogP contribution is 2.23. The van der Waals surface area contributed by atoms with E-state index in [-0.39, 0.29) is 35.6 Å². The van der Waals surface area contributed by atoms with Crippen molar-refractivity contribution in [3.63, 3.8) is 0 Å². The number of amides is 2. The summed E-state index contributed by atoms with van der Waals surface area (Å²) in [4.78, 5) is 24.4. The van der Waals surface area contributed by atoms with Gasteiger partial charge in [-0.05, 0) is 38.1 Å². The fourth-order valence-corrected chi connectivity index (χ4v) is 3.27. The van der Waals surface area contributed by atoms with Gasteiger partial charge < -0.3 is 0 Å². The van der Waals surface area contributed by atoms with Gasteiger partial charge in [0.2, 0.25) is 21.8 Å². The Kier molecular flexibility index (Phi) is 3.92. The molecule has 1 aliphatic rings. The highest BCUT2D eigenvalue weighted by molar-refractivity contribution is 7.89. The third-order valence-electron chi connectivity index (χ3n) is 2.85. The van der Waals surface area contributed by atoms with Gasteiger partial charge in [-0.1, -0.05) is 0 Å². The van der Waals surface area contributed by atoms with Crippen LogP contribution in [0.25, 0.3) is 0 Å². The summed E-state index contributed by atoms with van der Waals surface area (Å²) in [6.45, 7) is 3.46. The molecule has 0 radical (unpaired) electrons. The maximum absolute atomic E-state index is 11.9. The van der Waals surface area contributed by atoms with Crippen LogP contribution in [-0.2, 0) is 19.6 Å². The largest absolute Gasteiger partial charge is 0.274 e. The fourth-order valence-electron chi connectivity index (χ4n) is 2.02. The molecule has 20 heavy (non-hydrogen) atoms. The van der Waals surface area contributed by atoms with Crippen molar-refractivity contribution < 1.29 is 18.0 Å². The molecular formula is C13H16N2O4S. The molecule has 0 saturated carbocycles. The Bertz CT molecular complexity index is 619. The van der Waals surface area contributed by atoms with Crippen molar-refractivity contribution in [2.75, 3.05) is 4.90 Å². The monoisotopic (exact) mass is 296 g/mol. The number of nitrogens with one attached hydrogen (secondary N) is 1. The van der Waals surface area contributed by atoms with Gasteiger partial charge in [-0.3, -0.25) is 14.5 Å². The standard InChI is InChI=1S/C13H16N2O4S/c1-9(2)14-20(18,19)11-5-3-10(4-6-11)15-12(16)7-8-13(15)17/h3-6,9,14H,7-8H2,1-2H3. The van der Waals surface area contributed by atoms with E-state index < -0.39 is 10.0 Å². The van der Waals surface area contributed by atoms with Crippen molar-refractivity contribution in [3.05, 3.63) is 24.3 Å². The van der Waals surface area contributed by atoms with E-state index in [1.807, 2.05) is 0 Å². The van der Waals surface area contributed by atoms with Crippen LogP contribution >= 0.6 is 0 Å². The van der Waals surface area contributed by atoms with Crippen molar-refractivity contribution in [3.8, 4) is 0 Å². The predicted molar refractivity (Wildman–Crippen MR) is 73.6 cm³/mol. The van der Waals surface area contributed by atoms with E-state index >= 15 is 0 Å². The molecule has 0 atom stereocenters. The van der Waals surface area contributed by atoms with Gasteiger partial charge >= 0.3 is 0 Å². The summed E-state index contributed by atoms with van der Waals surface area (Å²) in [7, 11) is -3.57. The molecule has 1 N–H and O–H groups in total. The number of sulfonamides is 1. The zero-order chi connectivity index (χ0) is 14.9. The highest BCUT2D eigenvalue weighted by atomic mass is 32.2. The van der Waals surface area contributed by atoms with E-state index in [9.17, 15) is 18.0 Å². The number of carbonyl (C=O) groups is 2. The highest BCUT2D eigenvalue weighted by Gasteiger charge is 2.30. The molecule has 1 aliphatic heterocycles. The molecule has 2 rings (SSSR count). The molecule has 108 valence electrons. The quantitative estimate of drug-likeness (QED) is 0.841. The number of hydrogen-bond donors (Lipinski definition) is 1. The lowest BCUT2D eigenvalue weighted by molar-refractivity contribution is -0.121. The summed E-state index contributed by atoms with van der Waals surface area (Å²) in [5.41, 5.74) is 0.404. The van der Waals surface area contributed by atoms with Crippen molar-refractivity contribution in [1.82, 2.24) is 4.72 Å². The number of anilines is 1. The van der Waals surface area contributed by atoms with E-state index in [4.69, 9.17) is 0 Å². The number of hydrogen-bond acceptors (Lipinski definition) is 4. The minimum Gasteiger partial charge on any atom is -0.274 e. The lowest BCUT2D eigenvalue weighted by atomic mass is 10.3. The Balaban J connectivity index is 2.27. The zero-order valence-corrected chi connectivity index (χ0v) is 12.1. The maximum Gasteiger partial charge on any atom is 0.240 e. The third-order valence-corrected chi connectivity index (χ3v) is 4.52. The summed E-state index contributed by atoms with van der Waals surface area (Å²) in [6, 6.07) is 5.51. The van der Waals surface area contributed by atoms with Crippen molar-refractivity contribution in [2.45, 2.75) is 37.6 Å². The fraction of sp³-hybridized carbons (Fsp3) is 0.385.